The maximum atomic E-state index is 12.8. The lowest BCUT2D eigenvalue weighted by Gasteiger charge is -2.03. The van der Waals surface area contributed by atoms with Crippen LogP contribution in [0.25, 0.3) is 10.9 Å². The second kappa shape index (κ2) is 6.06. The van der Waals surface area contributed by atoms with Gasteiger partial charge in [0, 0.05) is 22.0 Å². The highest BCUT2D eigenvalue weighted by atomic mass is 32.2. The van der Waals surface area contributed by atoms with E-state index in [2.05, 4.69) is 4.98 Å². The van der Waals surface area contributed by atoms with Gasteiger partial charge in [-0.05, 0) is 36.4 Å². The van der Waals surface area contributed by atoms with Crippen molar-refractivity contribution in [2.75, 3.05) is 5.75 Å². The van der Waals surface area contributed by atoms with Crippen LogP contribution >= 0.6 is 11.8 Å². The summed E-state index contributed by atoms with van der Waals surface area (Å²) in [4.78, 5) is 17.3. The number of carbonyl (C=O) groups excluding carboxylic acids is 1. The summed E-state index contributed by atoms with van der Waals surface area (Å²) < 4.78 is 12.8. The molecule has 2 nitrogen and oxygen atoms in total. The smallest absolute Gasteiger partial charge is 0.173 e. The number of halogens is 1. The van der Waals surface area contributed by atoms with Crippen LogP contribution in [0.4, 0.5) is 4.39 Å². The predicted octanol–water partition coefficient (Wildman–Crippen LogP) is 4.35. The molecule has 0 bridgehead atoms. The number of nitrogens with zero attached hydrogens (tertiary/aromatic N) is 1. The van der Waals surface area contributed by atoms with E-state index < -0.39 is 0 Å². The highest BCUT2D eigenvalue weighted by Gasteiger charge is 2.08. The van der Waals surface area contributed by atoms with Gasteiger partial charge in [-0.3, -0.25) is 9.78 Å². The summed E-state index contributed by atoms with van der Waals surface area (Å²) in [6.45, 7) is 0. The quantitative estimate of drug-likeness (QED) is 0.530. The molecule has 0 N–H and O–H groups in total. The van der Waals surface area contributed by atoms with E-state index >= 15 is 0 Å². The second-order valence-corrected chi connectivity index (χ2v) is 5.63. The Morgan fingerprint density at radius 1 is 1.10 bits per heavy atom. The van der Waals surface area contributed by atoms with Gasteiger partial charge in [-0.25, -0.2) is 4.39 Å². The zero-order valence-electron chi connectivity index (χ0n) is 11.1. The first-order valence-corrected chi connectivity index (χ1v) is 7.47. The van der Waals surface area contributed by atoms with Gasteiger partial charge in [0.2, 0.25) is 0 Å². The average molecular weight is 297 g/mol. The number of Topliss-reactive ketones (excluding diaryl/α,β-unsaturated/α-hetero) is 1. The van der Waals surface area contributed by atoms with E-state index in [0.29, 0.717) is 11.3 Å². The lowest BCUT2D eigenvalue weighted by molar-refractivity contribution is 0.102. The fourth-order valence-electron chi connectivity index (χ4n) is 2.00. The third-order valence-electron chi connectivity index (χ3n) is 3.11. The van der Waals surface area contributed by atoms with Gasteiger partial charge in [0.15, 0.2) is 5.78 Å². The molecule has 1 heterocycles. The molecule has 0 aliphatic rings. The number of rotatable bonds is 4. The van der Waals surface area contributed by atoms with Crippen LogP contribution in [-0.4, -0.2) is 16.5 Å². The molecule has 21 heavy (non-hydrogen) atoms. The Hall–Kier alpha value is -2.20. The molecular formula is C17H12FNOS. The topological polar surface area (TPSA) is 30.0 Å². The summed E-state index contributed by atoms with van der Waals surface area (Å²) in [6.07, 6.45) is 1.71. The third kappa shape index (κ3) is 3.28. The van der Waals surface area contributed by atoms with Crippen molar-refractivity contribution < 1.29 is 9.18 Å². The van der Waals surface area contributed by atoms with Gasteiger partial charge in [0.05, 0.1) is 11.3 Å². The van der Waals surface area contributed by atoms with E-state index in [9.17, 15) is 9.18 Å². The highest BCUT2D eigenvalue weighted by molar-refractivity contribution is 8.00. The number of hydrogen-bond acceptors (Lipinski definition) is 3. The van der Waals surface area contributed by atoms with Gasteiger partial charge in [-0.1, -0.05) is 18.2 Å². The Labute approximate surface area is 126 Å². The largest absolute Gasteiger partial charge is 0.293 e. The predicted molar refractivity (Wildman–Crippen MR) is 83.2 cm³/mol. The number of carbonyl (C=O) groups is 1. The van der Waals surface area contributed by atoms with Crippen LogP contribution in [0.2, 0.25) is 0 Å². The van der Waals surface area contributed by atoms with Gasteiger partial charge in [-0.15, -0.1) is 11.8 Å². The van der Waals surface area contributed by atoms with Crippen molar-refractivity contribution in [1.29, 1.82) is 0 Å². The van der Waals surface area contributed by atoms with Gasteiger partial charge < -0.3 is 0 Å². The second-order valence-electron chi connectivity index (χ2n) is 4.58. The first-order valence-electron chi connectivity index (χ1n) is 6.49. The molecule has 4 heteroatoms. The minimum absolute atomic E-state index is 0.0388. The summed E-state index contributed by atoms with van der Waals surface area (Å²) >= 11 is 1.40. The van der Waals surface area contributed by atoms with E-state index in [1.54, 1.807) is 18.3 Å². The minimum atomic E-state index is -0.272. The summed E-state index contributed by atoms with van der Waals surface area (Å²) in [7, 11) is 0. The summed E-state index contributed by atoms with van der Waals surface area (Å²) in [5.41, 5.74) is 1.46. The van der Waals surface area contributed by atoms with E-state index in [1.807, 2.05) is 30.3 Å². The normalized spacial score (nSPS) is 10.7. The molecule has 0 aliphatic carbocycles. The molecule has 3 rings (SSSR count). The standard InChI is InChI=1S/C17H12FNOS/c18-14-5-7-15(8-6-14)21-11-17(20)13-4-3-12-2-1-9-19-16(12)10-13/h1-10H,11H2. The molecule has 0 fully saturated rings. The number of fused-ring (bicyclic) bond motifs is 1. The molecule has 2 aromatic carbocycles. The van der Waals surface area contributed by atoms with Crippen molar-refractivity contribution >= 4 is 28.4 Å². The van der Waals surface area contributed by atoms with Crippen LogP contribution in [0.15, 0.2) is 65.7 Å². The fraction of sp³-hybridized carbons (Fsp3) is 0.0588. The molecule has 0 unspecified atom stereocenters. The molecule has 104 valence electrons. The Bertz CT molecular complexity index is 786. The maximum Gasteiger partial charge on any atom is 0.173 e. The fourth-order valence-corrected chi connectivity index (χ4v) is 2.80. The molecule has 1 aromatic heterocycles. The highest BCUT2D eigenvalue weighted by Crippen LogP contribution is 2.20. The Balaban J connectivity index is 1.73. The monoisotopic (exact) mass is 297 g/mol. The van der Waals surface area contributed by atoms with Crippen molar-refractivity contribution in [3.63, 3.8) is 0 Å². The SMILES string of the molecule is O=C(CSc1ccc(F)cc1)c1ccc2cccnc2c1. The Kier molecular flexibility index (Phi) is 3.97. The summed E-state index contributed by atoms with van der Waals surface area (Å²) in [5.74, 6) is 0.0902. The van der Waals surface area contributed by atoms with Crippen molar-refractivity contribution in [3.8, 4) is 0 Å². The molecule has 3 aromatic rings. The van der Waals surface area contributed by atoms with Gasteiger partial charge >= 0.3 is 0 Å². The van der Waals surface area contributed by atoms with E-state index in [0.717, 1.165) is 15.8 Å². The van der Waals surface area contributed by atoms with Crippen LogP contribution in [-0.2, 0) is 0 Å². The molecule has 0 atom stereocenters. The lowest BCUT2D eigenvalue weighted by Crippen LogP contribution is -2.02. The number of ketones is 1. The van der Waals surface area contributed by atoms with E-state index in [-0.39, 0.29) is 11.6 Å². The maximum absolute atomic E-state index is 12.8. The van der Waals surface area contributed by atoms with Crippen molar-refractivity contribution in [2.45, 2.75) is 4.90 Å². The lowest BCUT2D eigenvalue weighted by atomic mass is 10.1. The van der Waals surface area contributed by atoms with Crippen LogP contribution < -0.4 is 0 Å². The first kappa shape index (κ1) is 13.8. The van der Waals surface area contributed by atoms with Crippen molar-refractivity contribution in [1.82, 2.24) is 4.98 Å². The summed E-state index contributed by atoms with van der Waals surface area (Å²) in [6, 6.07) is 15.5. The van der Waals surface area contributed by atoms with Crippen molar-refractivity contribution in [2.24, 2.45) is 0 Å². The average Bonchev–Trinajstić information content (AvgIpc) is 2.53. The third-order valence-corrected chi connectivity index (χ3v) is 4.12. The number of thioether (sulfide) groups is 1. The number of aromatic nitrogens is 1. The minimum Gasteiger partial charge on any atom is -0.293 e. The van der Waals surface area contributed by atoms with Gasteiger partial charge in [0.1, 0.15) is 5.82 Å². The molecule has 0 aliphatic heterocycles. The van der Waals surface area contributed by atoms with Crippen LogP contribution in [0.1, 0.15) is 10.4 Å². The van der Waals surface area contributed by atoms with E-state index in [1.165, 1.54) is 23.9 Å². The Morgan fingerprint density at radius 2 is 1.90 bits per heavy atom. The molecule has 0 saturated carbocycles. The number of pyridine rings is 1. The number of benzene rings is 2. The van der Waals surface area contributed by atoms with Crippen LogP contribution in [0, 0.1) is 5.82 Å². The molecule has 0 saturated heterocycles. The Morgan fingerprint density at radius 3 is 2.71 bits per heavy atom. The van der Waals surface area contributed by atoms with Crippen LogP contribution in [0.5, 0.6) is 0 Å². The molecule has 0 amide bonds. The molecule has 0 spiro atoms. The molecule has 0 radical (unpaired) electrons. The number of hydrogen-bond donors (Lipinski definition) is 0. The molecular weight excluding hydrogens is 285 g/mol. The van der Waals surface area contributed by atoms with Crippen molar-refractivity contribution in [3.05, 3.63) is 72.2 Å². The first-order chi connectivity index (χ1) is 10.2. The summed E-state index contributed by atoms with van der Waals surface area (Å²) in [5, 5.41) is 1.01. The van der Waals surface area contributed by atoms with E-state index in [4.69, 9.17) is 0 Å². The zero-order valence-corrected chi connectivity index (χ0v) is 11.9. The van der Waals surface area contributed by atoms with Gasteiger partial charge in [0.25, 0.3) is 0 Å². The van der Waals surface area contributed by atoms with Gasteiger partial charge in [-0.2, -0.15) is 0 Å². The van der Waals surface area contributed by atoms with Crippen LogP contribution in [0.3, 0.4) is 0 Å². The zero-order chi connectivity index (χ0) is 14.7.